The molecule has 2 aromatic rings. The second-order valence-corrected chi connectivity index (χ2v) is 13.4. The lowest BCUT2D eigenvalue weighted by Crippen LogP contribution is -2.62. The summed E-state index contributed by atoms with van der Waals surface area (Å²) in [5.74, 6) is -0.915. The number of rotatable bonds is 12. The first-order valence-electron chi connectivity index (χ1n) is 16.5. The topological polar surface area (TPSA) is 123 Å². The molecular formula is C39H46O8. The third kappa shape index (κ3) is 6.42. The predicted octanol–water partition coefficient (Wildman–Crippen LogP) is 8.45. The van der Waals surface area contributed by atoms with Gasteiger partial charge < -0.3 is 29.5 Å². The Balaban J connectivity index is 1.56. The number of carbonyl (C=O) groups excluding carboxylic acids is 1. The Morgan fingerprint density at radius 2 is 1.79 bits per heavy atom. The normalized spacial score (nSPS) is 22.6. The van der Waals surface area contributed by atoms with Gasteiger partial charge in [0, 0.05) is 40.2 Å². The highest BCUT2D eigenvalue weighted by atomic mass is 16.6. The molecule has 0 saturated heterocycles. The summed E-state index contributed by atoms with van der Waals surface area (Å²) >= 11 is 0. The molecule has 2 heterocycles. The number of fused-ring (bicyclic) bond motifs is 3. The van der Waals surface area contributed by atoms with Gasteiger partial charge in [0.15, 0.2) is 0 Å². The number of phenols is 2. The summed E-state index contributed by atoms with van der Waals surface area (Å²) in [5, 5.41) is 32.3. The molecule has 3 aliphatic rings. The lowest BCUT2D eigenvalue weighted by Gasteiger charge is -2.56. The third-order valence-electron chi connectivity index (χ3n) is 9.61. The van der Waals surface area contributed by atoms with Gasteiger partial charge >= 0.3 is 11.9 Å². The molecule has 47 heavy (non-hydrogen) atoms. The second-order valence-electron chi connectivity index (χ2n) is 13.4. The molecule has 2 aromatic carbocycles. The number of benzene rings is 2. The van der Waals surface area contributed by atoms with E-state index in [0.717, 1.165) is 18.4 Å². The van der Waals surface area contributed by atoms with Gasteiger partial charge in [0.2, 0.25) is 5.60 Å². The summed E-state index contributed by atoms with van der Waals surface area (Å²) in [6.07, 6.45) is 10.0. The number of allylic oxidation sites excluding steroid dienone is 5. The lowest BCUT2D eigenvalue weighted by atomic mass is 9.60. The van der Waals surface area contributed by atoms with Gasteiger partial charge in [-0.2, -0.15) is 0 Å². The van der Waals surface area contributed by atoms with E-state index >= 15 is 0 Å². The summed E-state index contributed by atoms with van der Waals surface area (Å²) in [6.45, 7) is 14.4. The van der Waals surface area contributed by atoms with Crippen LogP contribution in [0.1, 0.15) is 90.7 Å². The molecule has 8 heteroatoms. The van der Waals surface area contributed by atoms with E-state index in [1.165, 1.54) is 23.3 Å². The molecule has 1 spiro atoms. The minimum Gasteiger partial charge on any atom is -0.508 e. The van der Waals surface area contributed by atoms with Crippen molar-refractivity contribution in [2.75, 3.05) is 6.61 Å². The van der Waals surface area contributed by atoms with Gasteiger partial charge in [0.1, 0.15) is 28.6 Å². The molecule has 1 aliphatic carbocycles. The number of esters is 1. The molecule has 2 aliphatic heterocycles. The van der Waals surface area contributed by atoms with Crippen LogP contribution in [0.25, 0.3) is 11.1 Å². The molecule has 2 bridgehead atoms. The van der Waals surface area contributed by atoms with Crippen LogP contribution in [-0.2, 0) is 26.3 Å². The number of hydrogen-bond donors (Lipinski definition) is 3. The van der Waals surface area contributed by atoms with Crippen molar-refractivity contribution in [1.82, 2.24) is 0 Å². The van der Waals surface area contributed by atoms with Crippen LogP contribution in [0.5, 0.6) is 23.0 Å². The maximum atomic E-state index is 13.5. The largest absolute Gasteiger partial charge is 0.508 e. The fourth-order valence-corrected chi connectivity index (χ4v) is 7.44. The first kappa shape index (κ1) is 33.9. The Labute approximate surface area is 277 Å². The first-order valence-corrected chi connectivity index (χ1v) is 16.5. The molecule has 8 nitrogen and oxygen atoms in total. The predicted molar refractivity (Wildman–Crippen MR) is 181 cm³/mol. The van der Waals surface area contributed by atoms with Crippen molar-refractivity contribution in [1.29, 1.82) is 0 Å². The van der Waals surface area contributed by atoms with Crippen LogP contribution in [0, 0.1) is 5.92 Å². The lowest BCUT2D eigenvalue weighted by molar-refractivity contribution is -0.183. The summed E-state index contributed by atoms with van der Waals surface area (Å²) in [7, 11) is 0. The highest BCUT2D eigenvalue weighted by Crippen LogP contribution is 2.65. The molecule has 3 N–H and O–H groups in total. The molecule has 0 unspecified atom stereocenters. The van der Waals surface area contributed by atoms with E-state index in [2.05, 4.69) is 39.5 Å². The smallest absolute Gasteiger partial charge is 0.350 e. The molecule has 250 valence electrons. The molecule has 0 radical (unpaired) electrons. The van der Waals surface area contributed by atoms with Gasteiger partial charge in [-0.05, 0) is 104 Å². The number of aromatic hydroxyl groups is 2. The second kappa shape index (κ2) is 13.3. The van der Waals surface area contributed by atoms with Crippen LogP contribution in [-0.4, -0.2) is 39.5 Å². The molecular weight excluding hydrogens is 596 g/mol. The highest BCUT2D eigenvalue weighted by Gasteiger charge is 2.64. The van der Waals surface area contributed by atoms with E-state index in [4.69, 9.17) is 14.2 Å². The van der Waals surface area contributed by atoms with Crippen LogP contribution in [0.3, 0.4) is 0 Å². The Bertz CT molecular complexity index is 1690. The van der Waals surface area contributed by atoms with Crippen molar-refractivity contribution >= 4 is 11.9 Å². The quantitative estimate of drug-likeness (QED) is 0.120. The highest BCUT2D eigenvalue weighted by molar-refractivity contribution is 5.89. The van der Waals surface area contributed by atoms with Crippen molar-refractivity contribution in [2.24, 2.45) is 5.92 Å². The third-order valence-corrected chi connectivity index (χ3v) is 9.61. The fraction of sp³-hybridized carbons (Fsp3) is 0.436. The number of aliphatic carboxylic acids is 1. The first-order chi connectivity index (χ1) is 22.3. The molecule has 0 amide bonds. The van der Waals surface area contributed by atoms with Crippen LogP contribution < -0.4 is 9.47 Å². The van der Waals surface area contributed by atoms with Crippen molar-refractivity contribution in [3.05, 3.63) is 82.5 Å². The maximum Gasteiger partial charge on any atom is 0.350 e. The van der Waals surface area contributed by atoms with Crippen molar-refractivity contribution in [2.45, 2.75) is 97.2 Å². The Hall–Kier alpha value is -4.46. The van der Waals surface area contributed by atoms with Crippen molar-refractivity contribution < 1.29 is 39.1 Å². The number of ether oxygens (including phenoxy) is 3. The van der Waals surface area contributed by atoms with Gasteiger partial charge in [-0.15, -0.1) is 0 Å². The summed E-state index contributed by atoms with van der Waals surface area (Å²) in [4.78, 5) is 25.8. The average molecular weight is 643 g/mol. The summed E-state index contributed by atoms with van der Waals surface area (Å²) in [5.41, 5.74) is 3.33. The van der Waals surface area contributed by atoms with Gasteiger partial charge in [-0.3, -0.25) is 0 Å². The average Bonchev–Trinajstić information content (AvgIpc) is 2.99. The van der Waals surface area contributed by atoms with Crippen molar-refractivity contribution in [3.63, 3.8) is 0 Å². The molecule has 1 saturated carbocycles. The van der Waals surface area contributed by atoms with Crippen LogP contribution in [0.15, 0.2) is 71.4 Å². The molecule has 1 fully saturated rings. The Kier molecular flexibility index (Phi) is 9.62. The van der Waals surface area contributed by atoms with Gasteiger partial charge in [-0.1, -0.05) is 41.5 Å². The number of carboxylic acid groups (broad SMARTS) is 1. The van der Waals surface area contributed by atoms with Crippen LogP contribution >= 0.6 is 0 Å². The summed E-state index contributed by atoms with van der Waals surface area (Å²) < 4.78 is 19.0. The zero-order valence-corrected chi connectivity index (χ0v) is 28.1. The summed E-state index contributed by atoms with van der Waals surface area (Å²) in [6, 6.07) is 6.28. The van der Waals surface area contributed by atoms with E-state index in [9.17, 15) is 24.9 Å². The minimum absolute atomic E-state index is 0.0176. The maximum absolute atomic E-state index is 13.5. The fourth-order valence-electron chi connectivity index (χ4n) is 7.44. The zero-order valence-electron chi connectivity index (χ0n) is 28.1. The number of phenolic OH excluding ortho intramolecular Hbond substituents is 2. The SMILES string of the molecule is C=C(C)[C@H]1CC[C@]2(C(=O)OCC)C[C@]13Oc1c(C/C=C(/CC/C=C(\C)CCC=C(C)C)C(=O)O)cc(O)cc1-c1c(O)ccc(c13)O2. The Morgan fingerprint density at radius 3 is 2.47 bits per heavy atom. The minimum atomic E-state index is -1.29. The van der Waals surface area contributed by atoms with Gasteiger partial charge in [-0.25, -0.2) is 9.59 Å². The van der Waals surface area contributed by atoms with Gasteiger partial charge in [0.25, 0.3) is 0 Å². The molecule has 3 atom stereocenters. The van der Waals surface area contributed by atoms with Crippen LogP contribution in [0.4, 0.5) is 0 Å². The number of carboxylic acids is 1. The molecule has 5 rings (SSSR count). The monoisotopic (exact) mass is 642 g/mol. The van der Waals surface area contributed by atoms with E-state index < -0.39 is 23.1 Å². The Morgan fingerprint density at radius 1 is 1.04 bits per heavy atom. The van der Waals surface area contributed by atoms with E-state index in [0.29, 0.717) is 59.4 Å². The zero-order chi connectivity index (χ0) is 34.1. The molecule has 0 aromatic heterocycles. The number of carbonyl (C=O) groups is 2. The van der Waals surface area contributed by atoms with Gasteiger partial charge in [0.05, 0.1) is 6.61 Å². The van der Waals surface area contributed by atoms with E-state index in [-0.39, 0.29) is 42.4 Å². The standard InChI is InChI=1S/C39H46O8/c1-7-45-37(44)38-19-18-30(24(4)5)39(22-38)34-32(46-38)17-16-31(41)33(34)29-21-28(40)20-27(35(29)47-39)15-14-26(36(42)43)13-9-12-25(6)11-8-10-23(2)3/h10,12,14,16-17,20-21,30,40-41H,4,7-9,11,13,15,18-19,22H2,1-3,5-6H3,(H,42,43)/b25-12+,26-14-/t30-,38-,39+/m1/s1. The number of hydrogen-bond acceptors (Lipinski definition) is 7. The van der Waals surface area contributed by atoms with Crippen LogP contribution in [0.2, 0.25) is 0 Å². The van der Waals surface area contributed by atoms with E-state index in [1.807, 2.05) is 6.92 Å². The van der Waals surface area contributed by atoms with E-state index in [1.54, 1.807) is 25.1 Å². The van der Waals surface area contributed by atoms with Crippen molar-refractivity contribution in [3.8, 4) is 34.1 Å².